The SMILES string of the molecule is CCCCCCCCCCCCCCCCCCCCCCCCCCOCC(COP(=O)(O)OCC(O)CO)OC(=O)CCCCCCCCCCCCCCC. The van der Waals surface area contributed by atoms with Crippen LogP contribution in [0.2, 0.25) is 0 Å². The van der Waals surface area contributed by atoms with Gasteiger partial charge in [0.15, 0.2) is 0 Å². The number of phosphoric acid groups is 1. The van der Waals surface area contributed by atoms with Crippen molar-refractivity contribution in [3.63, 3.8) is 0 Å². The molecule has 0 radical (unpaired) electrons. The molecule has 0 aliphatic rings. The second kappa shape index (κ2) is 46.0. The number of carbonyl (C=O) groups is 1. The molecule has 0 aromatic rings. The Morgan fingerprint density at radius 2 is 0.776 bits per heavy atom. The first kappa shape index (κ1) is 57.5. The number of unbranched alkanes of at least 4 members (excludes halogenated alkanes) is 35. The number of phosphoric ester groups is 1. The molecule has 3 unspecified atom stereocenters. The van der Waals surface area contributed by atoms with Crippen LogP contribution in [-0.2, 0) is 27.9 Å². The van der Waals surface area contributed by atoms with Crippen molar-refractivity contribution < 1.29 is 43.0 Å². The minimum atomic E-state index is -4.51. The quantitative estimate of drug-likeness (QED) is 0.0311. The van der Waals surface area contributed by atoms with Crippen LogP contribution in [-0.4, -0.2) is 66.3 Å². The Morgan fingerprint density at radius 3 is 1.12 bits per heavy atom. The number of esters is 1. The molecule has 0 aliphatic carbocycles. The summed E-state index contributed by atoms with van der Waals surface area (Å²) in [7, 11) is -4.51. The van der Waals surface area contributed by atoms with Crippen molar-refractivity contribution in [1.82, 2.24) is 0 Å². The molecule has 0 spiro atoms. The van der Waals surface area contributed by atoms with E-state index in [1.165, 1.54) is 205 Å². The first-order valence-electron chi connectivity index (χ1n) is 25.0. The van der Waals surface area contributed by atoms with E-state index in [9.17, 15) is 19.4 Å². The Labute approximate surface area is 358 Å². The van der Waals surface area contributed by atoms with Crippen molar-refractivity contribution in [1.29, 1.82) is 0 Å². The van der Waals surface area contributed by atoms with Crippen molar-refractivity contribution in [2.75, 3.05) is 33.0 Å². The molecule has 3 atom stereocenters. The lowest BCUT2D eigenvalue weighted by molar-refractivity contribution is -0.154. The van der Waals surface area contributed by atoms with Crippen LogP contribution in [0, 0.1) is 0 Å². The molecule has 0 aromatic heterocycles. The van der Waals surface area contributed by atoms with Gasteiger partial charge in [0.1, 0.15) is 12.2 Å². The summed E-state index contributed by atoms with van der Waals surface area (Å²) in [6, 6.07) is 0. The summed E-state index contributed by atoms with van der Waals surface area (Å²) in [4.78, 5) is 22.6. The molecule has 3 N–H and O–H groups in total. The molecule has 0 bridgehead atoms. The number of aliphatic hydroxyl groups excluding tert-OH is 2. The molecule has 0 aliphatic heterocycles. The van der Waals surface area contributed by atoms with E-state index in [0.717, 1.165) is 32.1 Å². The monoisotopic (exact) mass is 849 g/mol. The van der Waals surface area contributed by atoms with Crippen LogP contribution < -0.4 is 0 Å². The van der Waals surface area contributed by atoms with E-state index in [-0.39, 0.29) is 25.6 Å². The first-order chi connectivity index (χ1) is 28.3. The molecule has 348 valence electrons. The van der Waals surface area contributed by atoms with E-state index in [0.29, 0.717) is 6.61 Å². The Morgan fingerprint density at radius 1 is 0.466 bits per heavy atom. The summed E-state index contributed by atoms with van der Waals surface area (Å²) < 4.78 is 33.5. The van der Waals surface area contributed by atoms with Crippen LogP contribution in [0.5, 0.6) is 0 Å². The summed E-state index contributed by atoms with van der Waals surface area (Å²) >= 11 is 0. The number of ether oxygens (including phenoxy) is 2. The second-order valence-electron chi connectivity index (χ2n) is 17.2. The number of rotatable bonds is 49. The van der Waals surface area contributed by atoms with Gasteiger partial charge in [-0.2, -0.15) is 0 Å². The van der Waals surface area contributed by atoms with E-state index >= 15 is 0 Å². The zero-order valence-corrected chi connectivity index (χ0v) is 39.2. The van der Waals surface area contributed by atoms with Crippen LogP contribution in [0.25, 0.3) is 0 Å². The third-order valence-electron chi connectivity index (χ3n) is 11.3. The third kappa shape index (κ3) is 45.0. The highest BCUT2D eigenvalue weighted by atomic mass is 31.2. The molecule has 0 fully saturated rings. The van der Waals surface area contributed by atoms with Crippen molar-refractivity contribution in [2.24, 2.45) is 0 Å². The largest absolute Gasteiger partial charge is 0.472 e. The lowest BCUT2D eigenvalue weighted by Crippen LogP contribution is -2.29. The van der Waals surface area contributed by atoms with Gasteiger partial charge in [0.2, 0.25) is 0 Å². The average molecular weight is 849 g/mol. The van der Waals surface area contributed by atoms with Gasteiger partial charge in [0.05, 0.1) is 26.4 Å². The molecular weight excluding hydrogens is 751 g/mol. The van der Waals surface area contributed by atoms with Gasteiger partial charge < -0.3 is 24.6 Å². The standard InChI is InChI=1S/C48H97O9P/c1-3-5-7-9-11-13-15-17-18-19-20-21-22-23-24-25-26-27-29-31-33-35-37-39-41-54-44-47(45-56-58(52,53)55-43-46(50)42-49)57-48(51)40-38-36-34-32-30-28-16-14-12-10-8-6-4-2/h46-47,49-50H,3-45H2,1-2H3,(H,52,53). The highest BCUT2D eigenvalue weighted by Gasteiger charge is 2.26. The number of hydrogen-bond acceptors (Lipinski definition) is 8. The topological polar surface area (TPSA) is 132 Å². The van der Waals surface area contributed by atoms with E-state index in [4.69, 9.17) is 23.6 Å². The molecule has 10 heteroatoms. The third-order valence-corrected chi connectivity index (χ3v) is 12.2. The summed E-state index contributed by atoms with van der Waals surface area (Å²) in [5.74, 6) is -0.375. The van der Waals surface area contributed by atoms with Crippen LogP contribution in [0.15, 0.2) is 0 Å². The second-order valence-corrected chi connectivity index (χ2v) is 18.7. The predicted molar refractivity (Wildman–Crippen MR) is 242 cm³/mol. The van der Waals surface area contributed by atoms with E-state index in [2.05, 4.69) is 13.8 Å². The van der Waals surface area contributed by atoms with Gasteiger partial charge in [-0.05, 0) is 12.8 Å². The summed E-state index contributed by atoms with van der Waals surface area (Å²) in [6.07, 6.45) is 46.5. The molecule has 0 saturated carbocycles. The lowest BCUT2D eigenvalue weighted by Gasteiger charge is -2.20. The number of hydrogen-bond donors (Lipinski definition) is 3. The molecule has 0 amide bonds. The summed E-state index contributed by atoms with van der Waals surface area (Å²) in [5, 5.41) is 18.4. The van der Waals surface area contributed by atoms with E-state index in [1.54, 1.807) is 0 Å². The Balaban J connectivity index is 3.95. The molecule has 0 saturated heterocycles. The fourth-order valence-corrected chi connectivity index (χ4v) is 8.27. The summed E-state index contributed by atoms with van der Waals surface area (Å²) in [6.45, 7) is 3.59. The Bertz CT molecular complexity index is 876. The van der Waals surface area contributed by atoms with E-state index < -0.39 is 33.2 Å². The number of carbonyl (C=O) groups excluding carboxylic acids is 1. The number of aliphatic hydroxyl groups is 2. The maximum Gasteiger partial charge on any atom is 0.472 e. The maximum absolute atomic E-state index is 12.6. The summed E-state index contributed by atoms with van der Waals surface area (Å²) in [5.41, 5.74) is 0. The fraction of sp³-hybridized carbons (Fsp3) is 0.979. The van der Waals surface area contributed by atoms with Gasteiger partial charge in [0, 0.05) is 13.0 Å². The van der Waals surface area contributed by atoms with Crippen molar-refractivity contribution in [2.45, 2.75) is 270 Å². The fourth-order valence-electron chi connectivity index (χ4n) is 7.48. The van der Waals surface area contributed by atoms with Crippen LogP contribution in [0.4, 0.5) is 0 Å². The van der Waals surface area contributed by atoms with Gasteiger partial charge in [0.25, 0.3) is 0 Å². The van der Waals surface area contributed by atoms with Gasteiger partial charge in [-0.25, -0.2) is 4.57 Å². The molecule has 9 nitrogen and oxygen atoms in total. The average Bonchev–Trinajstić information content (AvgIpc) is 3.21. The molecular formula is C48H97O9P. The zero-order valence-electron chi connectivity index (χ0n) is 38.3. The molecule has 58 heavy (non-hydrogen) atoms. The lowest BCUT2D eigenvalue weighted by atomic mass is 10.0. The Hall–Kier alpha value is -0.540. The minimum Gasteiger partial charge on any atom is -0.457 e. The normalized spacial score (nSPS) is 13.8. The van der Waals surface area contributed by atoms with Gasteiger partial charge in [-0.15, -0.1) is 0 Å². The molecule has 0 aromatic carbocycles. The van der Waals surface area contributed by atoms with Crippen molar-refractivity contribution in [3.05, 3.63) is 0 Å². The zero-order chi connectivity index (χ0) is 42.5. The molecule has 0 heterocycles. The predicted octanol–water partition coefficient (Wildman–Crippen LogP) is 14.3. The maximum atomic E-state index is 12.6. The van der Waals surface area contributed by atoms with Gasteiger partial charge in [-0.1, -0.05) is 239 Å². The molecule has 0 rings (SSSR count). The van der Waals surface area contributed by atoms with Crippen LogP contribution >= 0.6 is 7.82 Å². The highest BCUT2D eigenvalue weighted by molar-refractivity contribution is 7.47. The highest BCUT2D eigenvalue weighted by Crippen LogP contribution is 2.43. The smallest absolute Gasteiger partial charge is 0.457 e. The van der Waals surface area contributed by atoms with E-state index in [1.807, 2.05) is 0 Å². The van der Waals surface area contributed by atoms with Gasteiger partial charge >= 0.3 is 13.8 Å². The van der Waals surface area contributed by atoms with Crippen molar-refractivity contribution in [3.8, 4) is 0 Å². The first-order valence-corrected chi connectivity index (χ1v) is 26.5. The van der Waals surface area contributed by atoms with Crippen molar-refractivity contribution >= 4 is 13.8 Å². The Kier molecular flexibility index (Phi) is 45.5. The van der Waals surface area contributed by atoms with Crippen LogP contribution in [0.1, 0.15) is 258 Å². The van der Waals surface area contributed by atoms with Gasteiger partial charge in [-0.3, -0.25) is 13.8 Å². The van der Waals surface area contributed by atoms with Crippen LogP contribution in [0.3, 0.4) is 0 Å². The minimum absolute atomic E-state index is 0.0585.